The zero-order chi connectivity index (χ0) is 26.9. The molecule has 3 aromatic carbocycles. The molecule has 0 saturated carbocycles. The van der Waals surface area contributed by atoms with Gasteiger partial charge in [0, 0.05) is 17.3 Å². The van der Waals surface area contributed by atoms with Crippen molar-refractivity contribution >= 4 is 17.7 Å². The minimum Gasteiger partial charge on any atom is -0.493 e. The van der Waals surface area contributed by atoms with E-state index in [-0.39, 0.29) is 6.03 Å². The quantitative estimate of drug-likeness (QED) is 0.219. The van der Waals surface area contributed by atoms with Crippen LogP contribution in [0.2, 0.25) is 0 Å². The molecule has 1 aliphatic rings. The molecule has 200 valence electrons. The van der Waals surface area contributed by atoms with Crippen LogP contribution in [0.5, 0.6) is 11.5 Å². The predicted molar refractivity (Wildman–Crippen MR) is 149 cm³/mol. The van der Waals surface area contributed by atoms with Gasteiger partial charge < -0.3 is 19.5 Å². The minimum absolute atomic E-state index is 0.374. The Morgan fingerprint density at radius 2 is 1.53 bits per heavy atom. The zero-order valence-corrected chi connectivity index (χ0v) is 22.3. The molecule has 0 spiro atoms. The molecule has 4 rings (SSSR count). The van der Waals surface area contributed by atoms with E-state index in [1.807, 2.05) is 72.8 Å². The smallest absolute Gasteiger partial charge is 0.330 e. The number of unbranched alkanes of at least 4 members (excludes halogenated alkanes) is 2. The molecular formula is C31H36N2O5. The van der Waals surface area contributed by atoms with Crippen molar-refractivity contribution in [2.75, 3.05) is 25.2 Å². The largest absolute Gasteiger partial charge is 0.493 e. The van der Waals surface area contributed by atoms with Crippen molar-refractivity contribution in [3.05, 3.63) is 78.4 Å². The van der Waals surface area contributed by atoms with Crippen LogP contribution in [0.1, 0.15) is 51.1 Å². The van der Waals surface area contributed by atoms with E-state index in [2.05, 4.69) is 19.2 Å². The number of hydrogen-bond donors (Lipinski definition) is 1. The highest BCUT2D eigenvalue weighted by Crippen LogP contribution is 2.41. The molecule has 38 heavy (non-hydrogen) atoms. The SMILES string of the molecule is CCCCOc1ccc([C@@H]2[C@H](C(=O)OC)NC(=O)N2c2ccc(-c3ccccc3)cc2)c(OCCCC)c1. The maximum Gasteiger partial charge on any atom is 0.330 e. The molecule has 7 heteroatoms. The molecule has 2 atom stereocenters. The maximum absolute atomic E-state index is 13.3. The van der Waals surface area contributed by atoms with Gasteiger partial charge in [0.05, 0.1) is 26.4 Å². The van der Waals surface area contributed by atoms with Crippen LogP contribution >= 0.6 is 0 Å². The average molecular weight is 517 g/mol. The first kappa shape index (κ1) is 27.0. The van der Waals surface area contributed by atoms with Gasteiger partial charge in [-0.3, -0.25) is 4.90 Å². The summed E-state index contributed by atoms with van der Waals surface area (Å²) in [5, 5.41) is 2.82. The van der Waals surface area contributed by atoms with Crippen molar-refractivity contribution in [3.8, 4) is 22.6 Å². The number of carbonyl (C=O) groups is 2. The van der Waals surface area contributed by atoms with Crippen LogP contribution in [0.25, 0.3) is 11.1 Å². The van der Waals surface area contributed by atoms with Crippen molar-refractivity contribution < 1.29 is 23.8 Å². The molecular weight excluding hydrogens is 480 g/mol. The lowest BCUT2D eigenvalue weighted by Gasteiger charge is -2.28. The Hall–Kier alpha value is -4.00. The molecule has 0 aromatic heterocycles. The Kier molecular flexibility index (Phi) is 9.25. The molecule has 0 bridgehead atoms. The van der Waals surface area contributed by atoms with Gasteiger partial charge in [-0.25, -0.2) is 9.59 Å². The zero-order valence-electron chi connectivity index (χ0n) is 22.3. The Labute approximate surface area is 224 Å². The van der Waals surface area contributed by atoms with Gasteiger partial charge in [-0.2, -0.15) is 0 Å². The number of carbonyl (C=O) groups excluding carboxylic acids is 2. The van der Waals surface area contributed by atoms with Crippen molar-refractivity contribution in [1.29, 1.82) is 0 Å². The van der Waals surface area contributed by atoms with Gasteiger partial charge in [0.15, 0.2) is 6.04 Å². The molecule has 1 saturated heterocycles. The molecule has 1 fully saturated rings. The van der Waals surface area contributed by atoms with Gasteiger partial charge in [0.1, 0.15) is 11.5 Å². The lowest BCUT2D eigenvalue weighted by atomic mass is 9.97. The average Bonchev–Trinajstić information content (AvgIpc) is 3.30. The second-order valence-electron chi connectivity index (χ2n) is 9.28. The summed E-state index contributed by atoms with van der Waals surface area (Å²) in [6, 6.07) is 21.4. The molecule has 0 unspecified atom stereocenters. The first-order valence-corrected chi connectivity index (χ1v) is 13.3. The fourth-order valence-corrected chi connectivity index (χ4v) is 4.55. The standard InChI is InChI=1S/C31H36N2O5/c1-4-6-19-37-25-17-18-26(27(21-25)38-20-7-5-2)29-28(30(34)36-3)32-31(35)33(29)24-15-13-23(14-16-24)22-11-9-8-10-12-22/h8-18,21,28-29H,4-7,19-20H2,1-3H3,(H,32,35)/t28-,29-/m1/s1. The number of urea groups is 1. The molecule has 1 aliphatic heterocycles. The summed E-state index contributed by atoms with van der Waals surface area (Å²) in [4.78, 5) is 27.7. The van der Waals surface area contributed by atoms with Crippen LogP contribution < -0.4 is 19.7 Å². The number of anilines is 1. The monoisotopic (exact) mass is 516 g/mol. The molecule has 1 heterocycles. The summed E-state index contributed by atoms with van der Waals surface area (Å²) in [5.74, 6) is 0.766. The second kappa shape index (κ2) is 13.0. The van der Waals surface area contributed by atoms with Gasteiger partial charge >= 0.3 is 12.0 Å². The number of nitrogens with zero attached hydrogens (tertiary/aromatic N) is 1. The van der Waals surface area contributed by atoms with Gasteiger partial charge in [0.25, 0.3) is 0 Å². The van der Waals surface area contributed by atoms with Crippen LogP contribution in [0.4, 0.5) is 10.5 Å². The Morgan fingerprint density at radius 1 is 0.868 bits per heavy atom. The fraction of sp³-hybridized carbons (Fsp3) is 0.355. The third-order valence-electron chi connectivity index (χ3n) is 6.63. The van der Waals surface area contributed by atoms with E-state index in [1.54, 1.807) is 4.90 Å². The molecule has 7 nitrogen and oxygen atoms in total. The van der Waals surface area contributed by atoms with E-state index in [0.29, 0.717) is 36.0 Å². The van der Waals surface area contributed by atoms with Crippen LogP contribution in [0, 0.1) is 0 Å². The third-order valence-corrected chi connectivity index (χ3v) is 6.63. The van der Waals surface area contributed by atoms with Gasteiger partial charge in [-0.1, -0.05) is 69.2 Å². The first-order valence-electron chi connectivity index (χ1n) is 13.3. The molecule has 1 N–H and O–H groups in total. The highest BCUT2D eigenvalue weighted by atomic mass is 16.5. The minimum atomic E-state index is -0.901. The predicted octanol–water partition coefficient (Wildman–Crippen LogP) is 6.52. The van der Waals surface area contributed by atoms with Gasteiger partial charge in [0.2, 0.25) is 0 Å². The number of methoxy groups -OCH3 is 1. The highest BCUT2D eigenvalue weighted by molar-refractivity contribution is 6.01. The van der Waals surface area contributed by atoms with Crippen LogP contribution in [0.15, 0.2) is 72.8 Å². The van der Waals surface area contributed by atoms with E-state index >= 15 is 0 Å². The topological polar surface area (TPSA) is 77.1 Å². The Morgan fingerprint density at radius 3 is 2.18 bits per heavy atom. The van der Waals surface area contributed by atoms with E-state index in [0.717, 1.165) is 36.8 Å². The normalized spacial score (nSPS) is 16.7. The number of nitrogens with one attached hydrogen (secondary N) is 1. The second-order valence-corrected chi connectivity index (χ2v) is 9.28. The number of amides is 2. The van der Waals surface area contributed by atoms with E-state index in [4.69, 9.17) is 14.2 Å². The maximum atomic E-state index is 13.3. The van der Waals surface area contributed by atoms with Crippen molar-refractivity contribution in [1.82, 2.24) is 5.32 Å². The number of benzene rings is 3. The highest BCUT2D eigenvalue weighted by Gasteiger charge is 2.47. The van der Waals surface area contributed by atoms with Crippen molar-refractivity contribution in [2.24, 2.45) is 0 Å². The van der Waals surface area contributed by atoms with Crippen LogP contribution in [0.3, 0.4) is 0 Å². The summed E-state index contributed by atoms with van der Waals surface area (Å²) < 4.78 is 17.2. The van der Waals surface area contributed by atoms with Crippen molar-refractivity contribution in [3.63, 3.8) is 0 Å². The summed E-state index contributed by atoms with van der Waals surface area (Å²) in [7, 11) is 1.33. The van der Waals surface area contributed by atoms with Gasteiger partial charge in [-0.15, -0.1) is 0 Å². The van der Waals surface area contributed by atoms with Gasteiger partial charge in [-0.05, 0) is 48.2 Å². The lowest BCUT2D eigenvalue weighted by molar-refractivity contribution is -0.142. The van der Waals surface area contributed by atoms with E-state index < -0.39 is 18.1 Å². The number of esters is 1. The van der Waals surface area contributed by atoms with Crippen LogP contribution in [-0.2, 0) is 9.53 Å². The number of hydrogen-bond acceptors (Lipinski definition) is 5. The summed E-state index contributed by atoms with van der Waals surface area (Å²) in [6.07, 6.45) is 3.85. The summed E-state index contributed by atoms with van der Waals surface area (Å²) >= 11 is 0. The number of ether oxygens (including phenoxy) is 3. The Bertz CT molecular complexity index is 1210. The molecule has 0 aliphatic carbocycles. The Balaban J connectivity index is 1.73. The van der Waals surface area contributed by atoms with Crippen LogP contribution in [-0.4, -0.2) is 38.4 Å². The molecule has 2 amide bonds. The van der Waals surface area contributed by atoms with Crippen molar-refractivity contribution in [2.45, 2.75) is 51.6 Å². The molecule has 0 radical (unpaired) electrons. The summed E-state index contributed by atoms with van der Waals surface area (Å²) in [5.41, 5.74) is 3.50. The fourth-order valence-electron chi connectivity index (χ4n) is 4.55. The lowest BCUT2D eigenvalue weighted by Crippen LogP contribution is -2.37. The number of rotatable bonds is 12. The van der Waals surface area contributed by atoms with E-state index in [1.165, 1.54) is 7.11 Å². The molecule has 3 aromatic rings. The first-order chi connectivity index (χ1) is 18.6. The third kappa shape index (κ3) is 6.10. The van der Waals surface area contributed by atoms with E-state index in [9.17, 15) is 9.59 Å². The summed E-state index contributed by atoms with van der Waals surface area (Å²) in [6.45, 7) is 5.34.